The molecule has 0 spiro atoms. The molecule has 1 unspecified atom stereocenters. The molecule has 5 nitrogen and oxygen atoms in total. The molecular formula is C15H14FNO4. The second kappa shape index (κ2) is 6.32. The molecule has 21 heavy (non-hydrogen) atoms. The number of nitro groups is 1. The van der Waals surface area contributed by atoms with Crippen LogP contribution in [0, 0.1) is 22.9 Å². The molecule has 1 N–H and O–H groups in total. The Labute approximate surface area is 120 Å². The zero-order chi connectivity index (χ0) is 15.4. The second-order valence-corrected chi connectivity index (χ2v) is 4.64. The van der Waals surface area contributed by atoms with E-state index in [0.29, 0.717) is 5.56 Å². The molecule has 0 aliphatic rings. The third kappa shape index (κ3) is 4.00. The zero-order valence-electron chi connectivity index (χ0n) is 11.3. The molecule has 0 amide bonds. The van der Waals surface area contributed by atoms with E-state index in [0.717, 1.165) is 23.8 Å². The highest BCUT2D eigenvalue weighted by atomic mass is 19.1. The van der Waals surface area contributed by atoms with Gasteiger partial charge in [0.2, 0.25) is 0 Å². The Morgan fingerprint density at radius 2 is 1.95 bits per heavy atom. The van der Waals surface area contributed by atoms with Crippen LogP contribution in [0.2, 0.25) is 0 Å². The van der Waals surface area contributed by atoms with Crippen molar-refractivity contribution in [2.24, 2.45) is 0 Å². The highest BCUT2D eigenvalue weighted by molar-refractivity contribution is 5.39. The molecule has 2 rings (SSSR count). The summed E-state index contributed by atoms with van der Waals surface area (Å²) in [4.78, 5) is 9.93. The van der Waals surface area contributed by atoms with Crippen LogP contribution in [0.5, 0.6) is 5.75 Å². The number of aliphatic hydroxyl groups is 1. The first kappa shape index (κ1) is 14.9. The summed E-state index contributed by atoms with van der Waals surface area (Å²) in [6.07, 6.45) is -0.895. The minimum atomic E-state index is -0.895. The third-order valence-electron chi connectivity index (χ3n) is 2.94. The lowest BCUT2D eigenvalue weighted by Gasteiger charge is -2.13. The number of halogens is 1. The summed E-state index contributed by atoms with van der Waals surface area (Å²) in [6, 6.07) is 10.2. The van der Waals surface area contributed by atoms with E-state index in [1.807, 2.05) is 19.1 Å². The molecule has 2 aromatic carbocycles. The van der Waals surface area contributed by atoms with Gasteiger partial charge in [0.15, 0.2) is 0 Å². The van der Waals surface area contributed by atoms with E-state index in [1.54, 1.807) is 12.1 Å². The van der Waals surface area contributed by atoms with Crippen molar-refractivity contribution in [2.75, 3.05) is 6.61 Å². The van der Waals surface area contributed by atoms with Crippen molar-refractivity contribution in [3.8, 4) is 5.75 Å². The van der Waals surface area contributed by atoms with Gasteiger partial charge in [-0.3, -0.25) is 10.1 Å². The summed E-state index contributed by atoms with van der Waals surface area (Å²) < 4.78 is 18.5. The fourth-order valence-corrected chi connectivity index (χ4v) is 1.80. The van der Waals surface area contributed by atoms with Gasteiger partial charge in [-0.1, -0.05) is 29.8 Å². The molecule has 6 heteroatoms. The summed E-state index contributed by atoms with van der Waals surface area (Å²) in [5.41, 5.74) is 1.33. The van der Waals surface area contributed by atoms with Crippen LogP contribution in [0.25, 0.3) is 0 Å². The van der Waals surface area contributed by atoms with Crippen molar-refractivity contribution >= 4 is 5.69 Å². The van der Waals surface area contributed by atoms with Crippen molar-refractivity contribution in [1.29, 1.82) is 0 Å². The van der Waals surface area contributed by atoms with Gasteiger partial charge in [0.25, 0.3) is 5.69 Å². The van der Waals surface area contributed by atoms with E-state index in [2.05, 4.69) is 0 Å². The number of ether oxygens (including phenoxy) is 1. The fraction of sp³-hybridized carbons (Fsp3) is 0.200. The number of aliphatic hydroxyl groups excluding tert-OH is 1. The first-order valence-corrected chi connectivity index (χ1v) is 6.28. The predicted molar refractivity (Wildman–Crippen MR) is 74.7 cm³/mol. The van der Waals surface area contributed by atoms with Crippen LogP contribution >= 0.6 is 0 Å². The van der Waals surface area contributed by atoms with Gasteiger partial charge in [-0.2, -0.15) is 0 Å². The molecule has 0 saturated carbocycles. The summed E-state index contributed by atoms with van der Waals surface area (Å²) in [5, 5.41) is 20.6. The Hall–Kier alpha value is -2.47. The SMILES string of the molecule is Cc1ccc(C(O)COc2cc(F)cc([N+](=O)[O-])c2)cc1. The van der Waals surface area contributed by atoms with E-state index in [9.17, 15) is 19.6 Å². The number of hydrogen-bond acceptors (Lipinski definition) is 4. The van der Waals surface area contributed by atoms with Gasteiger partial charge in [-0.05, 0) is 12.5 Å². The zero-order valence-corrected chi connectivity index (χ0v) is 11.3. The number of rotatable bonds is 5. The van der Waals surface area contributed by atoms with Gasteiger partial charge in [-0.25, -0.2) is 4.39 Å². The third-order valence-corrected chi connectivity index (χ3v) is 2.94. The average Bonchev–Trinajstić information content (AvgIpc) is 2.45. The van der Waals surface area contributed by atoms with Gasteiger partial charge >= 0.3 is 0 Å². The number of benzene rings is 2. The van der Waals surface area contributed by atoms with Gasteiger partial charge < -0.3 is 9.84 Å². The van der Waals surface area contributed by atoms with E-state index in [4.69, 9.17) is 4.74 Å². The van der Waals surface area contributed by atoms with Crippen LogP contribution < -0.4 is 4.74 Å². The van der Waals surface area contributed by atoms with Crippen LogP contribution in [0.15, 0.2) is 42.5 Å². The molecule has 0 saturated heterocycles. The van der Waals surface area contributed by atoms with Crippen molar-refractivity contribution in [3.63, 3.8) is 0 Å². The number of nitro benzene ring substituents is 1. The molecule has 110 valence electrons. The van der Waals surface area contributed by atoms with E-state index in [-0.39, 0.29) is 12.4 Å². The van der Waals surface area contributed by atoms with Gasteiger partial charge in [0.05, 0.1) is 17.1 Å². The summed E-state index contributed by atoms with van der Waals surface area (Å²) in [7, 11) is 0. The monoisotopic (exact) mass is 291 g/mol. The van der Waals surface area contributed by atoms with Crippen molar-refractivity contribution in [1.82, 2.24) is 0 Å². The minimum Gasteiger partial charge on any atom is -0.490 e. The van der Waals surface area contributed by atoms with Crippen LogP contribution in [0.4, 0.5) is 10.1 Å². The molecule has 0 radical (unpaired) electrons. The van der Waals surface area contributed by atoms with Crippen LogP contribution in [0.1, 0.15) is 17.2 Å². The maximum Gasteiger partial charge on any atom is 0.276 e. The standard InChI is InChI=1S/C15H14FNO4/c1-10-2-4-11(5-3-10)15(18)9-21-14-7-12(16)6-13(8-14)17(19)20/h2-8,15,18H,9H2,1H3. The first-order valence-electron chi connectivity index (χ1n) is 6.28. The van der Waals surface area contributed by atoms with Gasteiger partial charge in [-0.15, -0.1) is 0 Å². The molecule has 0 aliphatic carbocycles. The predicted octanol–water partition coefficient (Wildman–Crippen LogP) is 3.15. The number of non-ortho nitro benzene ring substituents is 1. The van der Waals surface area contributed by atoms with Crippen LogP contribution in [-0.4, -0.2) is 16.6 Å². The molecule has 0 heterocycles. The lowest BCUT2D eigenvalue weighted by molar-refractivity contribution is -0.385. The quantitative estimate of drug-likeness (QED) is 0.678. The Morgan fingerprint density at radius 3 is 2.57 bits per heavy atom. The lowest BCUT2D eigenvalue weighted by atomic mass is 10.1. The molecule has 1 atom stereocenters. The Kier molecular flexibility index (Phi) is 4.49. The Morgan fingerprint density at radius 1 is 1.29 bits per heavy atom. The summed E-state index contributed by atoms with van der Waals surface area (Å²) in [5.74, 6) is -0.753. The highest BCUT2D eigenvalue weighted by Crippen LogP contribution is 2.23. The molecular weight excluding hydrogens is 277 g/mol. The number of aryl methyl sites for hydroxylation is 1. The van der Waals surface area contributed by atoms with Crippen LogP contribution in [-0.2, 0) is 0 Å². The Bertz CT molecular complexity index is 643. The minimum absolute atomic E-state index is 0.00728. The van der Waals surface area contributed by atoms with E-state index in [1.165, 1.54) is 0 Å². The maximum atomic E-state index is 13.2. The van der Waals surface area contributed by atoms with Gasteiger partial charge in [0, 0.05) is 6.07 Å². The normalized spacial score (nSPS) is 12.0. The molecule has 2 aromatic rings. The maximum absolute atomic E-state index is 13.2. The molecule has 0 aliphatic heterocycles. The van der Waals surface area contributed by atoms with Crippen LogP contribution in [0.3, 0.4) is 0 Å². The molecule has 0 aromatic heterocycles. The summed E-state index contributed by atoms with van der Waals surface area (Å²) >= 11 is 0. The number of nitrogens with zero attached hydrogens (tertiary/aromatic N) is 1. The van der Waals surface area contributed by atoms with Crippen molar-refractivity contribution < 1.29 is 19.2 Å². The Balaban J connectivity index is 2.05. The molecule has 0 bridgehead atoms. The molecule has 0 fully saturated rings. The summed E-state index contributed by atoms with van der Waals surface area (Å²) in [6.45, 7) is 1.81. The largest absolute Gasteiger partial charge is 0.490 e. The smallest absolute Gasteiger partial charge is 0.276 e. The van der Waals surface area contributed by atoms with E-state index < -0.39 is 22.5 Å². The lowest BCUT2D eigenvalue weighted by Crippen LogP contribution is -2.10. The van der Waals surface area contributed by atoms with E-state index >= 15 is 0 Å². The number of hydrogen-bond donors (Lipinski definition) is 1. The van der Waals surface area contributed by atoms with Gasteiger partial charge in [0.1, 0.15) is 24.3 Å². The topological polar surface area (TPSA) is 72.6 Å². The second-order valence-electron chi connectivity index (χ2n) is 4.64. The van der Waals surface area contributed by atoms with Crippen molar-refractivity contribution in [3.05, 3.63) is 69.5 Å². The first-order chi connectivity index (χ1) is 9.95. The average molecular weight is 291 g/mol. The fourth-order valence-electron chi connectivity index (χ4n) is 1.80. The van der Waals surface area contributed by atoms with Crippen molar-refractivity contribution in [2.45, 2.75) is 13.0 Å². The highest BCUT2D eigenvalue weighted by Gasteiger charge is 2.13.